The minimum Gasteiger partial charge on any atom is -0.363 e. The Hall–Kier alpha value is -3.45. The summed E-state index contributed by atoms with van der Waals surface area (Å²) in [6.07, 6.45) is 5.92. The Bertz CT molecular complexity index is 990. The molecule has 0 aromatic heterocycles. The number of hydrogen-bond acceptors (Lipinski definition) is 5. The molecule has 1 N–H and O–H groups in total. The molecule has 1 unspecified atom stereocenters. The molecule has 36 heavy (non-hydrogen) atoms. The van der Waals surface area contributed by atoms with E-state index in [-0.39, 0.29) is 22.4 Å². The molecule has 0 aliphatic carbocycles. The average Bonchev–Trinajstić information content (AvgIpc) is 2.92. The van der Waals surface area contributed by atoms with E-state index in [9.17, 15) is 14.9 Å². The van der Waals surface area contributed by atoms with Crippen molar-refractivity contribution in [2.45, 2.75) is 39.5 Å². The number of carbonyl (C=O) groups excluding carboxylic acids is 1. The number of nitrogens with one attached hydrogen (secondary N) is 1. The summed E-state index contributed by atoms with van der Waals surface area (Å²) in [4.78, 5) is 27.9. The van der Waals surface area contributed by atoms with Crippen molar-refractivity contribution in [1.29, 1.82) is 0 Å². The third-order valence-electron chi connectivity index (χ3n) is 6.02. The SMILES string of the molecule is C=CCC.C=CCC.CNC(=O)c1ccccc1C(C)c1ccc(N2CCN(C)CC2)c([N+](=O)[O-])c1. The van der Waals surface area contributed by atoms with E-state index >= 15 is 0 Å². The molecular formula is C29H42N4O3. The van der Waals surface area contributed by atoms with Gasteiger partial charge in [-0.05, 0) is 43.1 Å². The molecule has 1 amide bonds. The Balaban J connectivity index is 0.000000709. The third kappa shape index (κ3) is 8.96. The van der Waals surface area contributed by atoms with Gasteiger partial charge in [0.2, 0.25) is 0 Å². The van der Waals surface area contributed by atoms with Gasteiger partial charge in [0, 0.05) is 50.8 Å². The molecule has 7 nitrogen and oxygen atoms in total. The first-order chi connectivity index (χ1) is 17.2. The van der Waals surface area contributed by atoms with Crippen molar-refractivity contribution in [3.8, 4) is 0 Å². The predicted octanol–water partition coefficient (Wildman–Crippen LogP) is 6.02. The van der Waals surface area contributed by atoms with Crippen molar-refractivity contribution in [1.82, 2.24) is 10.2 Å². The number of benzene rings is 2. The van der Waals surface area contributed by atoms with Gasteiger partial charge >= 0.3 is 0 Å². The molecule has 1 atom stereocenters. The number of nitrogens with zero attached hydrogens (tertiary/aromatic N) is 3. The smallest absolute Gasteiger partial charge is 0.292 e. The van der Waals surface area contributed by atoms with Gasteiger partial charge in [0.25, 0.3) is 11.6 Å². The Kier molecular flexibility index (Phi) is 13.8. The monoisotopic (exact) mass is 494 g/mol. The number of allylic oxidation sites excluding steroid dienone is 2. The fourth-order valence-corrected chi connectivity index (χ4v) is 3.67. The number of hydrogen-bond donors (Lipinski definition) is 1. The van der Waals surface area contributed by atoms with E-state index in [2.05, 4.69) is 49.2 Å². The van der Waals surface area contributed by atoms with Gasteiger partial charge in [0.15, 0.2) is 0 Å². The largest absolute Gasteiger partial charge is 0.363 e. The van der Waals surface area contributed by atoms with Crippen LogP contribution < -0.4 is 10.2 Å². The van der Waals surface area contributed by atoms with Crippen LogP contribution in [0.3, 0.4) is 0 Å². The van der Waals surface area contributed by atoms with Crippen molar-refractivity contribution >= 4 is 17.3 Å². The fraction of sp³-hybridized carbons (Fsp3) is 0.414. The van der Waals surface area contributed by atoms with Gasteiger partial charge in [0.1, 0.15) is 5.69 Å². The topological polar surface area (TPSA) is 78.7 Å². The molecule has 7 heteroatoms. The lowest BCUT2D eigenvalue weighted by molar-refractivity contribution is -0.384. The molecule has 0 bridgehead atoms. The van der Waals surface area contributed by atoms with E-state index in [0.29, 0.717) is 11.3 Å². The number of piperazine rings is 1. The third-order valence-corrected chi connectivity index (χ3v) is 6.02. The highest BCUT2D eigenvalue weighted by Crippen LogP contribution is 2.35. The number of rotatable bonds is 7. The molecular weight excluding hydrogens is 452 g/mol. The zero-order valence-corrected chi connectivity index (χ0v) is 22.5. The van der Waals surface area contributed by atoms with E-state index in [1.807, 2.05) is 49.4 Å². The van der Waals surface area contributed by atoms with Gasteiger partial charge in [-0.25, -0.2) is 0 Å². The van der Waals surface area contributed by atoms with E-state index in [4.69, 9.17) is 0 Å². The van der Waals surface area contributed by atoms with Crippen LogP contribution in [0.25, 0.3) is 0 Å². The van der Waals surface area contributed by atoms with Crippen LogP contribution in [0.2, 0.25) is 0 Å². The summed E-state index contributed by atoms with van der Waals surface area (Å²) in [5.41, 5.74) is 3.03. The number of amides is 1. The van der Waals surface area contributed by atoms with E-state index < -0.39 is 0 Å². The Morgan fingerprint density at radius 2 is 1.64 bits per heavy atom. The molecule has 1 heterocycles. The maximum Gasteiger partial charge on any atom is 0.292 e. The van der Waals surface area contributed by atoms with Crippen LogP contribution in [0.15, 0.2) is 67.8 Å². The Labute approximate surface area is 216 Å². The van der Waals surface area contributed by atoms with Crippen LogP contribution in [0.1, 0.15) is 61.0 Å². The zero-order valence-electron chi connectivity index (χ0n) is 22.5. The van der Waals surface area contributed by atoms with Gasteiger partial charge in [-0.2, -0.15) is 0 Å². The lowest BCUT2D eigenvalue weighted by Crippen LogP contribution is -2.44. The van der Waals surface area contributed by atoms with Crippen molar-refractivity contribution in [2.75, 3.05) is 45.2 Å². The van der Waals surface area contributed by atoms with Crippen molar-refractivity contribution < 1.29 is 9.72 Å². The molecule has 3 rings (SSSR count). The van der Waals surface area contributed by atoms with Crippen LogP contribution in [-0.2, 0) is 0 Å². The van der Waals surface area contributed by atoms with Crippen molar-refractivity contribution in [3.05, 3.63) is 94.6 Å². The first-order valence-corrected chi connectivity index (χ1v) is 12.5. The molecule has 0 radical (unpaired) electrons. The number of anilines is 1. The molecule has 2 aromatic rings. The molecule has 1 aliphatic rings. The number of nitro benzene ring substituents is 1. The van der Waals surface area contributed by atoms with Gasteiger partial charge < -0.3 is 15.1 Å². The van der Waals surface area contributed by atoms with Gasteiger partial charge in [-0.15, -0.1) is 13.2 Å². The number of carbonyl (C=O) groups is 1. The second-order valence-corrected chi connectivity index (χ2v) is 8.58. The highest BCUT2D eigenvalue weighted by molar-refractivity contribution is 5.95. The summed E-state index contributed by atoms with van der Waals surface area (Å²) in [5.74, 6) is -0.306. The van der Waals surface area contributed by atoms with Gasteiger partial charge in [-0.3, -0.25) is 14.9 Å². The minimum atomic E-state index is -0.311. The van der Waals surface area contributed by atoms with Crippen LogP contribution in [-0.4, -0.2) is 56.0 Å². The summed E-state index contributed by atoms with van der Waals surface area (Å²) in [5, 5.41) is 14.4. The van der Waals surface area contributed by atoms with E-state index in [1.165, 1.54) is 0 Å². The first-order valence-electron chi connectivity index (χ1n) is 12.5. The van der Waals surface area contributed by atoms with E-state index in [1.54, 1.807) is 19.2 Å². The average molecular weight is 495 g/mol. The summed E-state index contributed by atoms with van der Waals surface area (Å²) in [6.45, 7) is 16.4. The molecule has 196 valence electrons. The van der Waals surface area contributed by atoms with Crippen molar-refractivity contribution in [2.24, 2.45) is 0 Å². The summed E-state index contributed by atoms with van der Waals surface area (Å²) < 4.78 is 0. The minimum absolute atomic E-state index is 0.117. The number of likely N-dealkylation sites (N-methyl/N-ethyl adjacent to an activating group) is 1. The molecule has 1 saturated heterocycles. The second kappa shape index (κ2) is 16.3. The highest BCUT2D eigenvalue weighted by Gasteiger charge is 2.25. The molecule has 1 fully saturated rings. The lowest BCUT2D eigenvalue weighted by atomic mass is 9.89. The fourth-order valence-electron chi connectivity index (χ4n) is 3.67. The Morgan fingerprint density at radius 1 is 1.08 bits per heavy atom. The van der Waals surface area contributed by atoms with Gasteiger partial charge in [0.05, 0.1) is 4.92 Å². The molecule has 0 saturated carbocycles. The number of nitro groups is 1. The van der Waals surface area contributed by atoms with Crippen LogP contribution >= 0.6 is 0 Å². The Morgan fingerprint density at radius 3 is 2.14 bits per heavy atom. The predicted molar refractivity (Wildman–Crippen MR) is 151 cm³/mol. The molecule has 0 spiro atoms. The zero-order chi connectivity index (χ0) is 27.1. The first kappa shape index (κ1) is 30.6. The molecule has 2 aromatic carbocycles. The highest BCUT2D eigenvalue weighted by atomic mass is 16.6. The van der Waals surface area contributed by atoms with E-state index in [0.717, 1.165) is 50.1 Å². The van der Waals surface area contributed by atoms with Gasteiger partial charge in [-0.1, -0.05) is 57.2 Å². The summed E-state index contributed by atoms with van der Waals surface area (Å²) >= 11 is 0. The van der Waals surface area contributed by atoms with Crippen molar-refractivity contribution in [3.63, 3.8) is 0 Å². The van der Waals surface area contributed by atoms with Crippen LogP contribution in [0.5, 0.6) is 0 Å². The normalized spacial score (nSPS) is 13.8. The summed E-state index contributed by atoms with van der Waals surface area (Å²) in [6, 6.07) is 12.8. The lowest BCUT2D eigenvalue weighted by Gasteiger charge is -2.33. The van der Waals surface area contributed by atoms with Crippen LogP contribution in [0.4, 0.5) is 11.4 Å². The second-order valence-electron chi connectivity index (χ2n) is 8.58. The quantitative estimate of drug-likeness (QED) is 0.289. The maximum atomic E-state index is 12.2. The maximum absolute atomic E-state index is 12.2. The van der Waals surface area contributed by atoms with Crippen LogP contribution in [0, 0.1) is 10.1 Å². The molecule has 1 aliphatic heterocycles. The standard InChI is InChI=1S/C21H26N4O3.2C4H8/c1-15(17-6-4-5-7-18(17)21(26)22-2)16-8-9-19(20(14-16)25(27)28)24-12-10-23(3)11-13-24;2*1-3-4-2/h4-9,14-15H,10-13H2,1-3H3,(H,22,26);2*3H,1,4H2,2H3. The summed E-state index contributed by atoms with van der Waals surface area (Å²) in [7, 11) is 3.65.